The lowest BCUT2D eigenvalue weighted by molar-refractivity contribution is -0.118. The Kier molecular flexibility index (Phi) is 2.14. The second-order valence-electron chi connectivity index (χ2n) is 4.23. The highest BCUT2D eigenvalue weighted by Gasteiger charge is 2.36. The molecule has 2 heteroatoms. The average Bonchev–Trinajstić information content (AvgIpc) is 2.40. The quantitative estimate of drug-likeness (QED) is 0.615. The molecule has 2 rings (SSSR count). The van der Waals surface area contributed by atoms with Crippen LogP contribution < -0.4 is 5.32 Å². The number of hydrogen-bond acceptors (Lipinski definition) is 2. The van der Waals surface area contributed by atoms with Gasteiger partial charge in [-0.25, -0.2) is 0 Å². The van der Waals surface area contributed by atoms with Gasteiger partial charge in [-0.3, -0.25) is 4.79 Å². The minimum Gasteiger partial charge on any atom is -0.382 e. The molecule has 2 aliphatic rings. The second-order valence-corrected chi connectivity index (χ2v) is 4.23. The third kappa shape index (κ3) is 1.28. The van der Waals surface area contributed by atoms with Gasteiger partial charge in [0.15, 0.2) is 5.78 Å². The summed E-state index contributed by atoms with van der Waals surface area (Å²) in [7, 11) is 0. The monoisotopic (exact) mass is 179 g/mol. The maximum absolute atomic E-state index is 11.8. The molecule has 2 nitrogen and oxygen atoms in total. The van der Waals surface area contributed by atoms with Crippen LogP contribution >= 0.6 is 0 Å². The van der Waals surface area contributed by atoms with Gasteiger partial charge in [0, 0.05) is 12.5 Å². The van der Waals surface area contributed by atoms with E-state index in [-0.39, 0.29) is 5.92 Å². The number of allylic oxidation sites excluding steroid dienone is 2. The molecule has 0 aromatic carbocycles. The van der Waals surface area contributed by atoms with Crippen molar-refractivity contribution < 1.29 is 4.79 Å². The molecule has 1 heterocycles. The molecule has 0 fully saturated rings. The number of nitrogens with one attached hydrogen (secondary N) is 1. The van der Waals surface area contributed by atoms with Gasteiger partial charge in [-0.05, 0) is 30.8 Å². The van der Waals surface area contributed by atoms with Crippen LogP contribution in [0.3, 0.4) is 0 Å². The molecule has 2 atom stereocenters. The van der Waals surface area contributed by atoms with Crippen molar-refractivity contribution in [2.75, 3.05) is 6.54 Å². The van der Waals surface area contributed by atoms with Crippen LogP contribution in [0.1, 0.15) is 33.1 Å². The largest absolute Gasteiger partial charge is 0.382 e. The Balaban J connectivity index is 2.30. The average molecular weight is 179 g/mol. The summed E-state index contributed by atoms with van der Waals surface area (Å²) in [6.45, 7) is 5.20. The van der Waals surface area contributed by atoms with E-state index in [1.165, 1.54) is 18.4 Å². The Morgan fingerprint density at radius 1 is 1.23 bits per heavy atom. The molecule has 0 amide bonds. The zero-order valence-corrected chi connectivity index (χ0v) is 8.39. The van der Waals surface area contributed by atoms with E-state index in [0.29, 0.717) is 11.7 Å². The van der Waals surface area contributed by atoms with Crippen molar-refractivity contribution in [2.24, 2.45) is 11.8 Å². The maximum atomic E-state index is 11.8. The third-order valence-electron chi connectivity index (χ3n) is 3.46. The summed E-state index contributed by atoms with van der Waals surface area (Å²) >= 11 is 0. The number of carbonyl (C=O) groups excluding carboxylic acids is 1. The summed E-state index contributed by atoms with van der Waals surface area (Å²) in [6, 6.07) is 0. The molecular formula is C11H17NO. The number of rotatable bonds is 0. The minimum absolute atomic E-state index is 0.204. The molecule has 1 aliphatic carbocycles. The summed E-state index contributed by atoms with van der Waals surface area (Å²) in [4.78, 5) is 11.8. The van der Waals surface area contributed by atoms with Gasteiger partial charge in [-0.15, -0.1) is 0 Å². The first-order valence-corrected chi connectivity index (χ1v) is 5.23. The number of Topliss-reactive ketones (excluding diaryl/α,β-unsaturated/α-hetero) is 1. The summed E-state index contributed by atoms with van der Waals surface area (Å²) in [6.07, 6.45) is 3.55. The Morgan fingerprint density at radius 2 is 2.00 bits per heavy atom. The molecule has 13 heavy (non-hydrogen) atoms. The van der Waals surface area contributed by atoms with Crippen molar-refractivity contribution in [1.29, 1.82) is 0 Å². The summed E-state index contributed by atoms with van der Waals surface area (Å²) in [5.74, 6) is 1.01. The molecule has 72 valence electrons. The summed E-state index contributed by atoms with van der Waals surface area (Å²) in [5, 5.41) is 3.28. The van der Waals surface area contributed by atoms with Crippen molar-refractivity contribution in [3.8, 4) is 0 Å². The van der Waals surface area contributed by atoms with E-state index in [9.17, 15) is 4.79 Å². The smallest absolute Gasteiger partial charge is 0.182 e. The lowest BCUT2D eigenvalue weighted by Gasteiger charge is -2.11. The van der Waals surface area contributed by atoms with Gasteiger partial charge in [0.25, 0.3) is 0 Å². The fourth-order valence-corrected chi connectivity index (χ4v) is 2.35. The zero-order valence-electron chi connectivity index (χ0n) is 8.39. The highest BCUT2D eigenvalue weighted by molar-refractivity contribution is 6.00. The van der Waals surface area contributed by atoms with Crippen molar-refractivity contribution in [3.05, 3.63) is 11.3 Å². The fourth-order valence-electron chi connectivity index (χ4n) is 2.35. The van der Waals surface area contributed by atoms with Gasteiger partial charge in [0.2, 0.25) is 0 Å². The molecule has 1 N–H and O–H groups in total. The third-order valence-corrected chi connectivity index (χ3v) is 3.46. The van der Waals surface area contributed by atoms with Gasteiger partial charge in [0.1, 0.15) is 0 Å². The zero-order chi connectivity index (χ0) is 9.42. The van der Waals surface area contributed by atoms with Crippen LogP contribution in [0.5, 0.6) is 0 Å². The van der Waals surface area contributed by atoms with Gasteiger partial charge in [-0.1, -0.05) is 13.8 Å². The van der Waals surface area contributed by atoms with Crippen LogP contribution in [0.25, 0.3) is 0 Å². The molecule has 0 radical (unpaired) electrons. The molecule has 0 saturated carbocycles. The Hall–Kier alpha value is -0.790. The maximum Gasteiger partial charge on any atom is 0.182 e. The van der Waals surface area contributed by atoms with E-state index in [4.69, 9.17) is 0 Å². The highest BCUT2D eigenvalue weighted by Crippen LogP contribution is 2.36. The summed E-state index contributed by atoms with van der Waals surface area (Å²) in [5.41, 5.74) is 2.34. The van der Waals surface area contributed by atoms with Crippen molar-refractivity contribution in [3.63, 3.8) is 0 Å². The van der Waals surface area contributed by atoms with Crippen LogP contribution in [0.15, 0.2) is 11.3 Å². The van der Waals surface area contributed by atoms with E-state index in [0.717, 1.165) is 18.7 Å². The van der Waals surface area contributed by atoms with Crippen LogP contribution in [0.2, 0.25) is 0 Å². The predicted molar refractivity (Wildman–Crippen MR) is 52.2 cm³/mol. The molecule has 0 spiro atoms. The Bertz CT molecular complexity index is 267. The molecule has 0 bridgehead atoms. The highest BCUT2D eigenvalue weighted by atomic mass is 16.1. The van der Waals surface area contributed by atoms with Gasteiger partial charge < -0.3 is 5.32 Å². The van der Waals surface area contributed by atoms with Gasteiger partial charge in [-0.2, -0.15) is 0 Å². The number of hydrogen-bond donors (Lipinski definition) is 1. The lowest BCUT2D eigenvalue weighted by atomic mass is 9.92. The van der Waals surface area contributed by atoms with E-state index in [2.05, 4.69) is 12.2 Å². The van der Waals surface area contributed by atoms with E-state index in [1.807, 2.05) is 6.92 Å². The first kappa shape index (κ1) is 8.79. The topological polar surface area (TPSA) is 29.1 Å². The molecular weight excluding hydrogens is 162 g/mol. The van der Waals surface area contributed by atoms with Crippen molar-refractivity contribution in [1.82, 2.24) is 5.32 Å². The van der Waals surface area contributed by atoms with Crippen LogP contribution in [-0.2, 0) is 4.79 Å². The number of ketones is 1. The lowest BCUT2D eigenvalue weighted by Crippen LogP contribution is -2.21. The van der Waals surface area contributed by atoms with Crippen molar-refractivity contribution >= 4 is 5.78 Å². The standard InChI is InChI=1S/C11H17NO/c1-7-8(2)11(13)10-9(7)5-3-4-6-12-10/h7-8,12H,3-6H2,1-2H3. The van der Waals surface area contributed by atoms with E-state index in [1.54, 1.807) is 0 Å². The molecule has 0 saturated heterocycles. The molecule has 1 aliphatic heterocycles. The van der Waals surface area contributed by atoms with Crippen LogP contribution in [0, 0.1) is 11.8 Å². The summed E-state index contributed by atoms with van der Waals surface area (Å²) < 4.78 is 0. The Morgan fingerprint density at radius 3 is 2.77 bits per heavy atom. The Labute approximate surface area is 79.4 Å². The minimum atomic E-state index is 0.204. The van der Waals surface area contributed by atoms with Crippen LogP contribution in [0.4, 0.5) is 0 Å². The van der Waals surface area contributed by atoms with Crippen LogP contribution in [-0.4, -0.2) is 12.3 Å². The van der Waals surface area contributed by atoms with E-state index < -0.39 is 0 Å². The van der Waals surface area contributed by atoms with E-state index >= 15 is 0 Å². The van der Waals surface area contributed by atoms with Crippen molar-refractivity contribution in [2.45, 2.75) is 33.1 Å². The number of carbonyl (C=O) groups is 1. The van der Waals surface area contributed by atoms with Gasteiger partial charge in [0.05, 0.1) is 5.70 Å². The first-order valence-electron chi connectivity index (χ1n) is 5.23. The molecule has 2 unspecified atom stereocenters. The molecule has 0 aromatic rings. The predicted octanol–water partition coefficient (Wildman–Crippen LogP) is 1.87. The molecule has 0 aromatic heterocycles. The second kappa shape index (κ2) is 3.17. The SMILES string of the molecule is CC1C(=O)C2=C(CCCCN2)C1C. The normalized spacial score (nSPS) is 34.2. The van der Waals surface area contributed by atoms with Gasteiger partial charge >= 0.3 is 0 Å². The first-order chi connectivity index (χ1) is 6.22. The fraction of sp³-hybridized carbons (Fsp3) is 0.727.